The Bertz CT molecular complexity index is 2150. The van der Waals surface area contributed by atoms with Gasteiger partial charge in [-0.3, -0.25) is 0 Å². The summed E-state index contributed by atoms with van der Waals surface area (Å²) in [5, 5.41) is 61.9. The second kappa shape index (κ2) is 13.8. The molecular formula is C37H31N7O3. The summed E-state index contributed by atoms with van der Waals surface area (Å²) in [4.78, 5) is 0. The summed E-state index contributed by atoms with van der Waals surface area (Å²) in [6, 6.07) is 34.9. The van der Waals surface area contributed by atoms with Crippen molar-refractivity contribution in [1.82, 2.24) is 0 Å². The Morgan fingerprint density at radius 3 is 2.00 bits per heavy atom. The van der Waals surface area contributed by atoms with Crippen molar-refractivity contribution in [1.29, 1.82) is 0 Å². The highest BCUT2D eigenvalue weighted by Gasteiger charge is 2.11. The van der Waals surface area contributed by atoms with Crippen molar-refractivity contribution >= 4 is 56.3 Å². The monoisotopic (exact) mass is 621 g/mol. The molecule has 10 heteroatoms. The first kappa shape index (κ1) is 30.8. The van der Waals surface area contributed by atoms with Crippen LogP contribution in [0, 0.1) is 13.8 Å². The summed E-state index contributed by atoms with van der Waals surface area (Å²) in [5.74, 6) is -0.247. The molecule has 0 bridgehead atoms. The van der Waals surface area contributed by atoms with Gasteiger partial charge >= 0.3 is 0 Å². The Labute approximate surface area is 271 Å². The summed E-state index contributed by atoms with van der Waals surface area (Å²) < 4.78 is 0. The number of aliphatic hydroxyl groups is 1. The lowest BCUT2D eigenvalue weighted by atomic mass is 10.1. The lowest BCUT2D eigenvalue weighted by Gasteiger charge is -2.10. The van der Waals surface area contributed by atoms with Gasteiger partial charge in [-0.1, -0.05) is 42.0 Å². The number of rotatable bonds is 9. The van der Waals surface area contributed by atoms with Gasteiger partial charge in [0.05, 0.1) is 29.4 Å². The fraction of sp³-hybridized carbons (Fsp3) is 0.0811. The van der Waals surface area contributed by atoms with E-state index in [4.69, 9.17) is 0 Å². The summed E-state index contributed by atoms with van der Waals surface area (Å²) >= 11 is 0. The molecule has 0 saturated heterocycles. The standard InChI is InChI=1S/C37H31N7O3/c1-23-8-11-27(12-9-23)38-29-13-15-31-25(19-29)10-16-33(37(31)47)42-44-35-20-26(22-45)34(21-36(35)46)43-40-30-14-17-32(24(2)18-30)41-39-28-6-4-3-5-7-28/h3-21,38,45-47H,22H2,1-2H3. The summed E-state index contributed by atoms with van der Waals surface area (Å²) in [7, 11) is 0. The molecule has 0 atom stereocenters. The van der Waals surface area contributed by atoms with Gasteiger partial charge in [-0.25, -0.2) is 0 Å². The minimum atomic E-state index is -0.366. The minimum Gasteiger partial charge on any atom is -0.506 e. The Kier molecular flexibility index (Phi) is 9.03. The predicted molar refractivity (Wildman–Crippen MR) is 184 cm³/mol. The molecule has 47 heavy (non-hydrogen) atoms. The average molecular weight is 622 g/mol. The molecule has 4 N–H and O–H groups in total. The lowest BCUT2D eigenvalue weighted by molar-refractivity contribution is 0.282. The first-order valence-electron chi connectivity index (χ1n) is 14.8. The first-order valence-corrected chi connectivity index (χ1v) is 14.8. The van der Waals surface area contributed by atoms with E-state index in [9.17, 15) is 15.3 Å². The molecule has 10 nitrogen and oxygen atoms in total. The predicted octanol–water partition coefficient (Wildman–Crippen LogP) is 11.3. The molecule has 6 aromatic rings. The Morgan fingerprint density at radius 2 is 1.23 bits per heavy atom. The van der Waals surface area contributed by atoms with Crippen LogP contribution in [-0.2, 0) is 6.61 Å². The van der Waals surface area contributed by atoms with Gasteiger partial charge in [0.1, 0.15) is 17.1 Å². The highest BCUT2D eigenvalue weighted by atomic mass is 16.3. The molecule has 0 amide bonds. The summed E-state index contributed by atoms with van der Waals surface area (Å²) in [6.07, 6.45) is 0. The third-order valence-corrected chi connectivity index (χ3v) is 7.40. The van der Waals surface area contributed by atoms with Crippen LogP contribution in [0.5, 0.6) is 11.5 Å². The number of aryl methyl sites for hydroxylation is 2. The van der Waals surface area contributed by atoms with E-state index in [1.807, 2.05) is 98.8 Å². The normalized spacial score (nSPS) is 11.7. The summed E-state index contributed by atoms with van der Waals surface area (Å²) in [6.45, 7) is 3.57. The van der Waals surface area contributed by atoms with Crippen LogP contribution in [0.25, 0.3) is 10.8 Å². The second-order valence-corrected chi connectivity index (χ2v) is 10.9. The lowest BCUT2D eigenvalue weighted by Crippen LogP contribution is -1.90. The molecule has 0 aliphatic rings. The fourth-order valence-electron chi connectivity index (χ4n) is 4.81. The van der Waals surface area contributed by atoms with Crippen LogP contribution >= 0.6 is 0 Å². The molecule has 0 spiro atoms. The number of nitrogens with zero attached hydrogens (tertiary/aromatic N) is 6. The molecule has 6 rings (SSSR count). The van der Waals surface area contributed by atoms with E-state index < -0.39 is 0 Å². The zero-order chi connectivity index (χ0) is 32.8. The van der Waals surface area contributed by atoms with Gasteiger partial charge in [0.15, 0.2) is 5.75 Å². The van der Waals surface area contributed by atoms with Gasteiger partial charge in [-0.2, -0.15) is 20.5 Å². The topological polar surface area (TPSA) is 147 Å². The highest BCUT2D eigenvalue weighted by Crippen LogP contribution is 2.40. The molecule has 0 unspecified atom stereocenters. The molecule has 0 aliphatic carbocycles. The highest BCUT2D eigenvalue weighted by molar-refractivity contribution is 5.94. The van der Waals surface area contributed by atoms with Gasteiger partial charge in [-0.05, 0) is 97.6 Å². The van der Waals surface area contributed by atoms with E-state index in [1.54, 1.807) is 18.2 Å². The van der Waals surface area contributed by atoms with Crippen molar-refractivity contribution in [2.75, 3.05) is 5.32 Å². The third-order valence-electron chi connectivity index (χ3n) is 7.40. The number of anilines is 2. The van der Waals surface area contributed by atoms with Gasteiger partial charge in [0, 0.05) is 28.4 Å². The van der Waals surface area contributed by atoms with E-state index >= 15 is 0 Å². The van der Waals surface area contributed by atoms with Gasteiger partial charge in [0.25, 0.3) is 0 Å². The SMILES string of the molecule is Cc1ccc(Nc2ccc3c(O)c(N=Nc4cc(CO)c(N=Nc5ccc(N=Nc6ccccc6)c(C)c5)cc4O)ccc3c2)cc1. The fourth-order valence-corrected chi connectivity index (χ4v) is 4.81. The van der Waals surface area contributed by atoms with Gasteiger partial charge < -0.3 is 20.6 Å². The number of aromatic hydroxyl groups is 2. The number of fused-ring (bicyclic) bond motifs is 1. The molecule has 232 valence electrons. The number of hydrogen-bond donors (Lipinski definition) is 4. The van der Waals surface area contributed by atoms with Crippen molar-refractivity contribution in [3.8, 4) is 11.5 Å². The number of phenols is 2. The Hall–Kier alpha value is -6.26. The molecule has 0 aromatic heterocycles. The number of nitrogens with one attached hydrogen (secondary N) is 1. The maximum absolute atomic E-state index is 10.9. The number of benzene rings is 6. The molecule has 0 aliphatic heterocycles. The van der Waals surface area contributed by atoms with Crippen molar-refractivity contribution in [3.63, 3.8) is 0 Å². The number of hydrogen-bond acceptors (Lipinski definition) is 10. The number of azo groups is 3. The third kappa shape index (κ3) is 7.35. The van der Waals surface area contributed by atoms with Crippen LogP contribution < -0.4 is 5.32 Å². The van der Waals surface area contributed by atoms with Crippen LogP contribution in [-0.4, -0.2) is 15.3 Å². The largest absolute Gasteiger partial charge is 0.506 e. The molecule has 6 aromatic carbocycles. The number of aliphatic hydroxyl groups excluding tert-OH is 1. The van der Waals surface area contributed by atoms with E-state index in [2.05, 4.69) is 36.0 Å². The Balaban J connectivity index is 1.18. The molecule has 0 fully saturated rings. The van der Waals surface area contributed by atoms with E-state index in [1.165, 1.54) is 17.7 Å². The van der Waals surface area contributed by atoms with Crippen molar-refractivity contribution < 1.29 is 15.3 Å². The molecular weight excluding hydrogens is 590 g/mol. The average Bonchev–Trinajstić information content (AvgIpc) is 3.08. The second-order valence-electron chi connectivity index (χ2n) is 10.9. The maximum atomic E-state index is 10.9. The summed E-state index contributed by atoms with van der Waals surface area (Å²) in [5.41, 5.74) is 6.91. The van der Waals surface area contributed by atoms with Gasteiger partial charge in [0.2, 0.25) is 0 Å². The molecule has 0 radical (unpaired) electrons. The van der Waals surface area contributed by atoms with E-state index in [0.29, 0.717) is 22.3 Å². The molecule has 0 heterocycles. The van der Waals surface area contributed by atoms with Crippen molar-refractivity contribution in [3.05, 3.63) is 132 Å². The number of phenolic OH excluding ortho intramolecular Hbond substituents is 2. The van der Waals surface area contributed by atoms with E-state index in [-0.39, 0.29) is 35.2 Å². The quantitative estimate of drug-likeness (QED) is 0.119. The smallest absolute Gasteiger partial charge is 0.150 e. The van der Waals surface area contributed by atoms with Crippen LogP contribution in [0.1, 0.15) is 16.7 Å². The van der Waals surface area contributed by atoms with E-state index in [0.717, 1.165) is 28.0 Å². The van der Waals surface area contributed by atoms with Gasteiger partial charge in [-0.15, -0.1) is 10.2 Å². The first-order chi connectivity index (χ1) is 22.9. The molecule has 0 saturated carbocycles. The van der Waals surface area contributed by atoms with Crippen LogP contribution in [0.4, 0.5) is 45.5 Å². The minimum absolute atomic E-state index is 0.0386. The van der Waals surface area contributed by atoms with Crippen LogP contribution in [0.15, 0.2) is 146 Å². The van der Waals surface area contributed by atoms with Crippen LogP contribution in [0.3, 0.4) is 0 Å². The van der Waals surface area contributed by atoms with Crippen molar-refractivity contribution in [2.45, 2.75) is 20.5 Å². The van der Waals surface area contributed by atoms with Crippen molar-refractivity contribution in [2.24, 2.45) is 30.7 Å². The Morgan fingerprint density at radius 1 is 0.553 bits per heavy atom. The zero-order valence-corrected chi connectivity index (χ0v) is 25.7. The zero-order valence-electron chi connectivity index (χ0n) is 25.7. The maximum Gasteiger partial charge on any atom is 0.150 e. The van der Waals surface area contributed by atoms with Crippen LogP contribution in [0.2, 0.25) is 0 Å².